The molecule has 0 saturated carbocycles. The van der Waals surface area contributed by atoms with E-state index in [1.54, 1.807) is 24.3 Å². The third-order valence-electron chi connectivity index (χ3n) is 2.64. The van der Waals surface area contributed by atoms with Gasteiger partial charge in [-0.1, -0.05) is 41.1 Å². The van der Waals surface area contributed by atoms with Crippen LogP contribution in [-0.2, 0) is 0 Å². The average molecular weight is 319 g/mol. The molecule has 2 rings (SSSR count). The van der Waals surface area contributed by atoms with Crippen LogP contribution in [0.2, 0.25) is 10.0 Å². The number of nitrogens with one attached hydrogen (secondary N) is 1. The SMILES string of the molecule is NCC#Cc1cccc(NC(=O)c2ccc(Cl)c(Cl)c2)c1. The Morgan fingerprint density at radius 1 is 1.14 bits per heavy atom. The summed E-state index contributed by atoms with van der Waals surface area (Å²) in [5, 5.41) is 3.53. The van der Waals surface area contributed by atoms with Gasteiger partial charge in [0.2, 0.25) is 0 Å². The number of benzene rings is 2. The molecule has 3 nitrogen and oxygen atoms in total. The van der Waals surface area contributed by atoms with Crippen LogP contribution in [0.4, 0.5) is 5.69 Å². The van der Waals surface area contributed by atoms with Crippen LogP contribution in [0.3, 0.4) is 0 Å². The van der Waals surface area contributed by atoms with Crippen molar-refractivity contribution in [2.24, 2.45) is 5.73 Å². The maximum Gasteiger partial charge on any atom is 0.255 e. The van der Waals surface area contributed by atoms with E-state index < -0.39 is 0 Å². The van der Waals surface area contributed by atoms with Crippen LogP contribution in [0.5, 0.6) is 0 Å². The third kappa shape index (κ3) is 4.24. The molecule has 0 aliphatic heterocycles. The van der Waals surface area contributed by atoms with Crippen LogP contribution >= 0.6 is 23.2 Å². The van der Waals surface area contributed by atoms with Gasteiger partial charge in [0.05, 0.1) is 16.6 Å². The first kappa shape index (κ1) is 15.4. The van der Waals surface area contributed by atoms with Gasteiger partial charge in [-0.15, -0.1) is 0 Å². The van der Waals surface area contributed by atoms with E-state index in [9.17, 15) is 4.79 Å². The highest BCUT2D eigenvalue weighted by Crippen LogP contribution is 2.23. The second-order valence-corrected chi connectivity index (χ2v) is 4.98. The highest BCUT2D eigenvalue weighted by molar-refractivity contribution is 6.42. The van der Waals surface area contributed by atoms with Crippen LogP contribution in [0.25, 0.3) is 0 Å². The predicted molar refractivity (Wildman–Crippen MR) is 86.8 cm³/mol. The Morgan fingerprint density at radius 2 is 1.95 bits per heavy atom. The molecule has 106 valence electrons. The Balaban J connectivity index is 2.17. The number of rotatable bonds is 2. The van der Waals surface area contributed by atoms with Crippen molar-refractivity contribution in [3.05, 3.63) is 63.6 Å². The Kier molecular flexibility index (Phi) is 5.24. The van der Waals surface area contributed by atoms with E-state index in [-0.39, 0.29) is 5.91 Å². The fraction of sp³-hybridized carbons (Fsp3) is 0.0625. The van der Waals surface area contributed by atoms with Crippen molar-refractivity contribution in [3.8, 4) is 11.8 Å². The summed E-state index contributed by atoms with van der Waals surface area (Å²) in [4.78, 5) is 12.1. The van der Waals surface area contributed by atoms with Gasteiger partial charge in [0.15, 0.2) is 0 Å². The fourth-order valence-corrected chi connectivity index (χ4v) is 1.97. The number of nitrogens with two attached hydrogens (primary N) is 1. The number of anilines is 1. The topological polar surface area (TPSA) is 55.1 Å². The van der Waals surface area contributed by atoms with Crippen molar-refractivity contribution < 1.29 is 4.79 Å². The number of carbonyl (C=O) groups excluding carboxylic acids is 1. The van der Waals surface area contributed by atoms with E-state index >= 15 is 0 Å². The van der Waals surface area contributed by atoms with Crippen molar-refractivity contribution in [1.29, 1.82) is 0 Å². The number of halogens is 2. The molecule has 0 aliphatic rings. The molecule has 5 heteroatoms. The molecule has 0 saturated heterocycles. The van der Waals surface area contributed by atoms with Crippen molar-refractivity contribution in [2.75, 3.05) is 11.9 Å². The van der Waals surface area contributed by atoms with Gasteiger partial charge in [0, 0.05) is 16.8 Å². The van der Waals surface area contributed by atoms with Gasteiger partial charge in [-0.3, -0.25) is 4.79 Å². The summed E-state index contributed by atoms with van der Waals surface area (Å²) in [5.74, 6) is 5.41. The van der Waals surface area contributed by atoms with Gasteiger partial charge >= 0.3 is 0 Å². The molecule has 0 heterocycles. The Labute approximate surface area is 133 Å². The molecule has 0 bridgehead atoms. The average Bonchev–Trinajstić information content (AvgIpc) is 2.48. The van der Waals surface area contributed by atoms with Crippen molar-refractivity contribution in [3.63, 3.8) is 0 Å². The molecule has 1 amide bonds. The lowest BCUT2D eigenvalue weighted by Crippen LogP contribution is -2.11. The molecule has 2 aromatic rings. The fourth-order valence-electron chi connectivity index (χ4n) is 1.67. The maximum absolute atomic E-state index is 12.1. The molecular formula is C16H12Cl2N2O. The first-order valence-corrected chi connectivity index (χ1v) is 6.91. The lowest BCUT2D eigenvalue weighted by molar-refractivity contribution is 0.102. The quantitative estimate of drug-likeness (QED) is 0.832. The number of hydrogen-bond acceptors (Lipinski definition) is 2. The van der Waals surface area contributed by atoms with Gasteiger partial charge in [0.1, 0.15) is 0 Å². The summed E-state index contributed by atoms with van der Waals surface area (Å²) >= 11 is 11.7. The van der Waals surface area contributed by atoms with Crippen LogP contribution in [0.15, 0.2) is 42.5 Å². The van der Waals surface area contributed by atoms with Gasteiger partial charge in [-0.2, -0.15) is 0 Å². The minimum Gasteiger partial charge on any atom is -0.322 e. The van der Waals surface area contributed by atoms with Crippen LogP contribution in [0.1, 0.15) is 15.9 Å². The molecule has 0 atom stereocenters. The summed E-state index contributed by atoms with van der Waals surface area (Å²) in [7, 11) is 0. The monoisotopic (exact) mass is 318 g/mol. The highest BCUT2D eigenvalue weighted by atomic mass is 35.5. The summed E-state index contributed by atoms with van der Waals surface area (Å²) in [6.07, 6.45) is 0. The lowest BCUT2D eigenvalue weighted by Gasteiger charge is -2.06. The minimum atomic E-state index is -0.266. The first-order valence-electron chi connectivity index (χ1n) is 6.15. The van der Waals surface area contributed by atoms with Crippen LogP contribution in [0, 0.1) is 11.8 Å². The maximum atomic E-state index is 12.1. The number of amides is 1. The molecule has 3 N–H and O–H groups in total. The highest BCUT2D eigenvalue weighted by Gasteiger charge is 2.08. The van der Waals surface area contributed by atoms with Crippen LogP contribution in [-0.4, -0.2) is 12.5 Å². The predicted octanol–water partition coefficient (Wildman–Crippen LogP) is 3.56. The molecule has 0 fully saturated rings. The van der Waals surface area contributed by atoms with E-state index in [0.717, 1.165) is 5.56 Å². The number of carbonyl (C=O) groups is 1. The van der Waals surface area contributed by atoms with Crippen molar-refractivity contribution in [1.82, 2.24) is 0 Å². The second kappa shape index (κ2) is 7.14. The summed E-state index contributed by atoms with van der Waals surface area (Å²) < 4.78 is 0. The van der Waals surface area contributed by atoms with Crippen LogP contribution < -0.4 is 11.1 Å². The van der Waals surface area contributed by atoms with Gasteiger partial charge in [-0.25, -0.2) is 0 Å². The molecular weight excluding hydrogens is 307 g/mol. The molecule has 2 aromatic carbocycles. The molecule has 0 radical (unpaired) electrons. The minimum absolute atomic E-state index is 0.266. The largest absolute Gasteiger partial charge is 0.322 e. The van der Waals surface area contributed by atoms with E-state index in [0.29, 0.717) is 27.8 Å². The zero-order chi connectivity index (χ0) is 15.2. The zero-order valence-electron chi connectivity index (χ0n) is 11.0. The Hall–Kier alpha value is -1.99. The van der Waals surface area contributed by atoms with E-state index in [1.807, 2.05) is 12.1 Å². The zero-order valence-corrected chi connectivity index (χ0v) is 12.5. The summed E-state index contributed by atoms with van der Waals surface area (Å²) in [5.41, 5.74) is 7.20. The Morgan fingerprint density at radius 3 is 2.67 bits per heavy atom. The third-order valence-corrected chi connectivity index (χ3v) is 3.38. The molecule has 0 aliphatic carbocycles. The summed E-state index contributed by atoms with van der Waals surface area (Å²) in [6, 6.07) is 11.9. The van der Waals surface area contributed by atoms with Gasteiger partial charge < -0.3 is 11.1 Å². The standard InChI is InChI=1S/C16H12Cl2N2O/c17-14-7-6-12(10-15(14)18)16(21)20-13-5-1-3-11(9-13)4-2-8-19/h1,3,5-7,9-10H,8,19H2,(H,20,21). The molecule has 21 heavy (non-hydrogen) atoms. The molecule has 0 spiro atoms. The summed E-state index contributed by atoms with van der Waals surface area (Å²) in [6.45, 7) is 0.292. The second-order valence-electron chi connectivity index (χ2n) is 4.17. The Bertz CT molecular complexity index is 733. The van der Waals surface area contributed by atoms with Gasteiger partial charge in [0.25, 0.3) is 5.91 Å². The smallest absolute Gasteiger partial charge is 0.255 e. The van der Waals surface area contributed by atoms with E-state index in [2.05, 4.69) is 17.2 Å². The van der Waals surface area contributed by atoms with E-state index in [1.165, 1.54) is 6.07 Å². The molecule has 0 aromatic heterocycles. The van der Waals surface area contributed by atoms with E-state index in [4.69, 9.17) is 28.9 Å². The lowest BCUT2D eigenvalue weighted by atomic mass is 10.1. The first-order chi connectivity index (χ1) is 10.1. The van der Waals surface area contributed by atoms with Crippen molar-refractivity contribution >= 4 is 34.8 Å². The number of hydrogen-bond donors (Lipinski definition) is 2. The normalized spacial score (nSPS) is 9.67. The van der Waals surface area contributed by atoms with Gasteiger partial charge in [-0.05, 0) is 36.4 Å². The molecule has 0 unspecified atom stereocenters. The van der Waals surface area contributed by atoms with Crippen molar-refractivity contribution in [2.45, 2.75) is 0 Å².